The summed E-state index contributed by atoms with van der Waals surface area (Å²) >= 11 is 0. The van der Waals surface area contributed by atoms with Crippen molar-refractivity contribution < 1.29 is 24.6 Å². The summed E-state index contributed by atoms with van der Waals surface area (Å²) in [4.78, 5) is 28.7. The predicted octanol–water partition coefficient (Wildman–Crippen LogP) is 4.86. The number of carbonyl (C=O) groups excluding carboxylic acids is 1. The highest BCUT2D eigenvalue weighted by molar-refractivity contribution is 6.05. The fourth-order valence-electron chi connectivity index (χ4n) is 8.60. The first-order valence-electron chi connectivity index (χ1n) is 14.4. The quantitative estimate of drug-likeness (QED) is 0.441. The zero-order valence-electron chi connectivity index (χ0n) is 22.7. The second-order valence-corrected chi connectivity index (χ2v) is 13.1. The molecule has 0 radical (unpaired) electrons. The first-order chi connectivity index (χ1) is 17.5. The van der Waals surface area contributed by atoms with E-state index in [1.54, 1.807) is 0 Å². The lowest BCUT2D eigenvalue weighted by Gasteiger charge is -2.58. The van der Waals surface area contributed by atoms with Gasteiger partial charge in [-0.15, -0.1) is 0 Å². The van der Waals surface area contributed by atoms with E-state index in [0.717, 1.165) is 50.7 Å². The third-order valence-electron chi connectivity index (χ3n) is 11.3. The maximum Gasteiger partial charge on any atom is 0.306 e. The molecule has 1 amide bonds. The summed E-state index contributed by atoms with van der Waals surface area (Å²) in [7, 11) is 0. The van der Waals surface area contributed by atoms with E-state index in [9.17, 15) is 14.7 Å². The number of carboxylic acids is 1. The molecule has 4 saturated carbocycles. The van der Waals surface area contributed by atoms with Crippen LogP contribution < -0.4 is 5.32 Å². The van der Waals surface area contributed by atoms with Gasteiger partial charge in [-0.1, -0.05) is 30.7 Å². The number of rotatable bonds is 6. The summed E-state index contributed by atoms with van der Waals surface area (Å²) in [5, 5.41) is 27.4. The van der Waals surface area contributed by atoms with E-state index < -0.39 is 11.6 Å². The van der Waals surface area contributed by atoms with Crippen molar-refractivity contribution in [2.45, 2.75) is 90.6 Å². The van der Waals surface area contributed by atoms with Crippen molar-refractivity contribution in [3.05, 3.63) is 23.8 Å². The Morgan fingerprint density at radius 1 is 1.05 bits per heavy atom. The third kappa shape index (κ3) is 4.77. The van der Waals surface area contributed by atoms with E-state index in [2.05, 4.69) is 43.4 Å². The van der Waals surface area contributed by atoms with Crippen LogP contribution in [0.4, 0.5) is 0 Å². The summed E-state index contributed by atoms with van der Waals surface area (Å²) in [5.74, 6) is 1.03. The lowest BCUT2D eigenvalue weighted by atomic mass is 9.47. The molecular formula is C30H44N2O5. The Labute approximate surface area is 220 Å². The van der Waals surface area contributed by atoms with Crippen LogP contribution in [0, 0.1) is 40.4 Å². The Morgan fingerprint density at radius 3 is 2.51 bits per heavy atom. The molecule has 4 fully saturated rings. The average Bonchev–Trinajstić information content (AvgIpc) is 3.11. The van der Waals surface area contributed by atoms with Crippen LogP contribution in [-0.2, 0) is 14.4 Å². The molecule has 0 saturated heterocycles. The normalized spacial score (nSPS) is 43.8. The molecule has 37 heavy (non-hydrogen) atoms. The van der Waals surface area contributed by atoms with Crippen LogP contribution in [0.25, 0.3) is 0 Å². The van der Waals surface area contributed by atoms with E-state index in [4.69, 9.17) is 9.94 Å². The number of nitrogens with zero attached hydrogens (tertiary/aromatic N) is 1. The molecular weight excluding hydrogens is 468 g/mol. The fraction of sp³-hybridized carbons (Fsp3) is 0.767. The predicted molar refractivity (Wildman–Crippen MR) is 142 cm³/mol. The van der Waals surface area contributed by atoms with Gasteiger partial charge in [0.15, 0.2) is 6.61 Å². The first kappa shape index (κ1) is 26.5. The minimum absolute atomic E-state index is 0.0226. The number of oxime groups is 1. The molecule has 0 bridgehead atoms. The van der Waals surface area contributed by atoms with Crippen molar-refractivity contribution in [3.63, 3.8) is 0 Å². The van der Waals surface area contributed by atoms with Gasteiger partial charge in [0.2, 0.25) is 0 Å². The standard InChI is InChI=1S/C30H44N2O5/c1-28-13-10-22(32-37-18-26(33)31-17-19-4-6-20(7-5-19)27(34)35)16-21(28)8-9-23-24(28)11-14-29(2)25(23)12-15-30(29,3)36/h10,13,16,19-20,23-25,36H,4-9,11-12,14-15,17-18H2,1-3H3,(H,31,33)(H,34,35)/t19?,20?,23-,24+,25-,28+,29+,30+/m1/s1. The molecule has 0 aliphatic heterocycles. The van der Waals surface area contributed by atoms with Gasteiger partial charge < -0.3 is 20.4 Å². The zero-order chi connectivity index (χ0) is 26.4. The molecule has 0 spiro atoms. The Morgan fingerprint density at radius 2 is 1.78 bits per heavy atom. The number of carboxylic acid groups (broad SMARTS) is 1. The number of hydrogen-bond acceptors (Lipinski definition) is 5. The van der Waals surface area contributed by atoms with Gasteiger partial charge in [0.25, 0.3) is 5.91 Å². The molecule has 6 atom stereocenters. The minimum Gasteiger partial charge on any atom is -0.481 e. The van der Waals surface area contributed by atoms with Crippen molar-refractivity contribution in [1.29, 1.82) is 0 Å². The Bertz CT molecular complexity index is 1010. The van der Waals surface area contributed by atoms with E-state index >= 15 is 0 Å². The second kappa shape index (κ2) is 9.87. The number of allylic oxidation sites excluding steroid dienone is 4. The molecule has 0 aromatic carbocycles. The molecule has 3 N–H and O–H groups in total. The molecule has 0 unspecified atom stereocenters. The number of aliphatic carboxylic acids is 1. The summed E-state index contributed by atoms with van der Waals surface area (Å²) in [6.45, 7) is 7.20. The lowest BCUT2D eigenvalue weighted by molar-refractivity contribution is -0.143. The van der Waals surface area contributed by atoms with Crippen molar-refractivity contribution in [3.8, 4) is 0 Å². The van der Waals surface area contributed by atoms with E-state index in [0.29, 0.717) is 43.1 Å². The van der Waals surface area contributed by atoms with Gasteiger partial charge in [0, 0.05) is 12.0 Å². The minimum atomic E-state index is -0.708. The molecule has 204 valence electrons. The molecule has 7 nitrogen and oxygen atoms in total. The molecule has 5 rings (SSSR count). The van der Waals surface area contributed by atoms with Crippen LogP contribution >= 0.6 is 0 Å². The van der Waals surface area contributed by atoms with E-state index in [-0.39, 0.29) is 29.3 Å². The highest BCUT2D eigenvalue weighted by Gasteiger charge is 2.61. The summed E-state index contributed by atoms with van der Waals surface area (Å²) in [5.41, 5.74) is 1.67. The fourth-order valence-corrected chi connectivity index (χ4v) is 8.60. The van der Waals surface area contributed by atoms with Gasteiger partial charge in [0.1, 0.15) is 5.71 Å². The summed E-state index contributed by atoms with van der Waals surface area (Å²) in [6.07, 6.45) is 16.0. The van der Waals surface area contributed by atoms with Crippen LogP contribution in [0.5, 0.6) is 0 Å². The number of aliphatic hydroxyl groups is 1. The van der Waals surface area contributed by atoms with Gasteiger partial charge in [-0.2, -0.15) is 0 Å². The second-order valence-electron chi connectivity index (χ2n) is 13.1. The SMILES string of the molecule is C[C@]12C=CC(=NOCC(=O)NCC3CCC(C(=O)O)CC3)C=C1CC[C@H]1[C@H]3CC[C@](C)(O)[C@@]3(C)CC[C@@H]12. The van der Waals surface area contributed by atoms with Crippen LogP contribution in [0.3, 0.4) is 0 Å². The maximum absolute atomic E-state index is 12.2. The Balaban J connectivity index is 1.13. The zero-order valence-corrected chi connectivity index (χ0v) is 22.7. The molecule has 0 aromatic heterocycles. The van der Waals surface area contributed by atoms with Gasteiger partial charge in [0.05, 0.1) is 11.5 Å². The number of hydrogen-bond donors (Lipinski definition) is 3. The topological polar surface area (TPSA) is 108 Å². The summed E-state index contributed by atoms with van der Waals surface area (Å²) < 4.78 is 0. The molecule has 5 aliphatic carbocycles. The van der Waals surface area contributed by atoms with Crippen molar-refractivity contribution in [2.24, 2.45) is 45.6 Å². The molecule has 5 aliphatic rings. The van der Waals surface area contributed by atoms with Crippen molar-refractivity contribution in [1.82, 2.24) is 5.32 Å². The monoisotopic (exact) mass is 512 g/mol. The largest absolute Gasteiger partial charge is 0.481 e. The summed E-state index contributed by atoms with van der Waals surface area (Å²) in [6, 6.07) is 0. The number of carbonyl (C=O) groups is 2. The molecule has 0 heterocycles. The molecule has 7 heteroatoms. The number of fused-ring (bicyclic) bond motifs is 5. The Kier molecular flexibility index (Phi) is 7.05. The van der Waals surface area contributed by atoms with Gasteiger partial charge in [-0.25, -0.2) is 0 Å². The molecule has 0 aromatic rings. The highest BCUT2D eigenvalue weighted by atomic mass is 16.6. The number of nitrogens with one attached hydrogen (secondary N) is 1. The Hall–Kier alpha value is -2.15. The van der Waals surface area contributed by atoms with Gasteiger partial charge in [-0.05, 0) is 112 Å². The highest BCUT2D eigenvalue weighted by Crippen LogP contribution is 2.66. The average molecular weight is 513 g/mol. The van der Waals surface area contributed by atoms with Crippen molar-refractivity contribution >= 4 is 17.6 Å². The smallest absolute Gasteiger partial charge is 0.306 e. The van der Waals surface area contributed by atoms with Crippen molar-refractivity contribution in [2.75, 3.05) is 13.2 Å². The lowest BCUT2D eigenvalue weighted by Crippen LogP contribution is -2.53. The first-order valence-corrected chi connectivity index (χ1v) is 14.4. The van der Waals surface area contributed by atoms with E-state index in [1.165, 1.54) is 12.0 Å². The van der Waals surface area contributed by atoms with E-state index in [1.807, 2.05) is 6.08 Å². The van der Waals surface area contributed by atoms with Crippen LogP contribution in [0.1, 0.15) is 85.0 Å². The van der Waals surface area contributed by atoms with Gasteiger partial charge in [-0.3, -0.25) is 9.59 Å². The third-order valence-corrected chi connectivity index (χ3v) is 11.3. The maximum atomic E-state index is 12.2. The van der Waals surface area contributed by atoms with Crippen LogP contribution in [0.2, 0.25) is 0 Å². The van der Waals surface area contributed by atoms with Gasteiger partial charge >= 0.3 is 5.97 Å². The van der Waals surface area contributed by atoms with Crippen LogP contribution in [-0.4, -0.2) is 46.6 Å². The van der Waals surface area contributed by atoms with Crippen LogP contribution in [0.15, 0.2) is 29.0 Å². The number of amides is 1.